The number of halogens is 2. The normalized spacial score (nSPS) is 18.3. The van der Waals surface area contributed by atoms with Crippen molar-refractivity contribution in [1.82, 2.24) is 25.1 Å². The molecule has 0 saturated carbocycles. The highest BCUT2D eigenvalue weighted by Gasteiger charge is 2.40. The molecule has 2 fully saturated rings. The van der Waals surface area contributed by atoms with E-state index in [2.05, 4.69) is 50.5 Å². The van der Waals surface area contributed by atoms with Gasteiger partial charge >= 0.3 is 0 Å². The Bertz CT molecular complexity index is 2110. The van der Waals surface area contributed by atoms with E-state index in [1.165, 1.54) is 11.0 Å². The number of methoxy groups -OCH3 is 1. The van der Waals surface area contributed by atoms with Gasteiger partial charge in [0.2, 0.25) is 11.8 Å². The molecule has 0 spiro atoms. The lowest BCUT2D eigenvalue weighted by atomic mass is 9.87. The molecule has 11 nitrogen and oxygen atoms in total. The second kappa shape index (κ2) is 17.7. The van der Waals surface area contributed by atoms with Crippen LogP contribution < -0.4 is 20.1 Å². The number of rotatable bonds is 15. The van der Waals surface area contributed by atoms with Crippen LogP contribution in [0, 0.1) is 12.7 Å². The van der Waals surface area contributed by atoms with Crippen molar-refractivity contribution in [2.24, 2.45) is 0 Å². The van der Waals surface area contributed by atoms with E-state index < -0.39 is 11.9 Å². The number of aromatic nitrogens is 2. The predicted octanol–water partition coefficient (Wildman–Crippen LogP) is 7.99. The molecule has 7 rings (SSSR count). The number of ether oxygens (including phenoxy) is 2. The molecule has 1 unspecified atom stereocenters. The smallest absolute Gasteiger partial charge is 0.255 e. The van der Waals surface area contributed by atoms with E-state index in [1.54, 1.807) is 7.11 Å². The van der Waals surface area contributed by atoms with Gasteiger partial charge in [-0.05, 0) is 112 Å². The van der Waals surface area contributed by atoms with Gasteiger partial charge in [-0.1, -0.05) is 53.4 Å². The van der Waals surface area contributed by atoms with Crippen LogP contribution in [0.4, 0.5) is 10.2 Å². The third kappa shape index (κ3) is 8.99. The largest absolute Gasteiger partial charge is 0.493 e. The molecule has 0 radical (unpaired) electrons. The van der Waals surface area contributed by atoms with E-state index >= 15 is 4.39 Å². The standard InChI is InChI=1S/C43H50BrFN6O5/c1-26(29-10-9-11-31(44)20-29)46-41-34-23-38(55-3)39(24-36(34)47-27(2)48-41)56-19-8-6-4-5-7-16-50-17-14-28(15-18-50)32-21-30-25-51(43(54)33(30)22-35(32)45)37-12-13-40(52)49-42(37)53/h9-11,20-24,26,28,37H,4-8,12-19,25H2,1-3H3,(H,46,47,48)(H,49,52,53)/t26-,37?/m1/s1. The average Bonchev–Trinajstić information content (AvgIpc) is 3.49. The topological polar surface area (TPSA) is 126 Å². The van der Waals surface area contributed by atoms with Gasteiger partial charge < -0.3 is 24.6 Å². The Balaban J connectivity index is 0.827. The fourth-order valence-corrected chi connectivity index (χ4v) is 8.66. The lowest BCUT2D eigenvalue weighted by molar-refractivity contribution is -0.136. The van der Waals surface area contributed by atoms with Crippen LogP contribution in [0.15, 0.2) is 53.0 Å². The molecular weight excluding hydrogens is 779 g/mol. The highest BCUT2D eigenvalue weighted by molar-refractivity contribution is 9.10. The molecule has 3 aliphatic heterocycles. The van der Waals surface area contributed by atoms with Crippen LogP contribution in [0.1, 0.15) is 110 Å². The van der Waals surface area contributed by atoms with Crippen LogP contribution >= 0.6 is 15.9 Å². The number of carbonyl (C=O) groups excluding carboxylic acids is 3. The van der Waals surface area contributed by atoms with Gasteiger partial charge in [0.05, 0.1) is 25.3 Å². The minimum atomic E-state index is -0.702. The molecule has 13 heteroatoms. The molecule has 2 atom stereocenters. The molecule has 3 aromatic carbocycles. The summed E-state index contributed by atoms with van der Waals surface area (Å²) in [7, 11) is 1.65. The zero-order chi connectivity index (χ0) is 39.3. The fourth-order valence-electron chi connectivity index (χ4n) is 8.24. The Hall–Kier alpha value is -4.62. The monoisotopic (exact) mass is 828 g/mol. The highest BCUT2D eigenvalue weighted by Crippen LogP contribution is 2.37. The van der Waals surface area contributed by atoms with Crippen molar-refractivity contribution in [1.29, 1.82) is 0 Å². The first-order valence-corrected chi connectivity index (χ1v) is 20.6. The molecule has 0 aliphatic carbocycles. The van der Waals surface area contributed by atoms with Gasteiger partial charge in [0, 0.05) is 34.5 Å². The molecule has 0 bridgehead atoms. The van der Waals surface area contributed by atoms with Crippen LogP contribution in [0.2, 0.25) is 0 Å². The summed E-state index contributed by atoms with van der Waals surface area (Å²) in [6, 6.07) is 14.6. The zero-order valence-corrected chi connectivity index (χ0v) is 33.9. The molecule has 4 heterocycles. The summed E-state index contributed by atoms with van der Waals surface area (Å²) in [5.74, 6) is 1.37. The first kappa shape index (κ1) is 39.6. The maximum absolute atomic E-state index is 15.4. The summed E-state index contributed by atoms with van der Waals surface area (Å²) >= 11 is 3.56. The number of hydrogen-bond donors (Lipinski definition) is 2. The number of unbranched alkanes of at least 4 members (excludes halogenated alkanes) is 4. The predicted molar refractivity (Wildman–Crippen MR) is 216 cm³/mol. The van der Waals surface area contributed by atoms with Crippen molar-refractivity contribution in [3.05, 3.63) is 86.9 Å². The van der Waals surface area contributed by atoms with E-state index in [-0.39, 0.29) is 42.6 Å². The number of imide groups is 1. The highest BCUT2D eigenvalue weighted by atomic mass is 79.9. The number of anilines is 1. The number of nitrogens with zero attached hydrogens (tertiary/aromatic N) is 4. The Morgan fingerprint density at radius 1 is 0.982 bits per heavy atom. The van der Waals surface area contributed by atoms with Crippen molar-refractivity contribution in [3.8, 4) is 11.5 Å². The molecule has 2 saturated heterocycles. The summed E-state index contributed by atoms with van der Waals surface area (Å²) < 4.78 is 28.3. The van der Waals surface area contributed by atoms with Crippen LogP contribution in [-0.2, 0) is 16.1 Å². The third-order valence-electron chi connectivity index (χ3n) is 11.3. The summed E-state index contributed by atoms with van der Waals surface area (Å²) in [6.07, 6.45) is 7.61. The second-order valence-electron chi connectivity index (χ2n) is 15.2. The van der Waals surface area contributed by atoms with Crippen LogP contribution in [0.25, 0.3) is 10.9 Å². The van der Waals surface area contributed by atoms with Gasteiger partial charge in [-0.15, -0.1) is 0 Å². The van der Waals surface area contributed by atoms with Gasteiger partial charge in [0.1, 0.15) is 23.5 Å². The summed E-state index contributed by atoms with van der Waals surface area (Å²) in [5.41, 5.74) is 3.69. The maximum Gasteiger partial charge on any atom is 0.255 e. The van der Waals surface area contributed by atoms with E-state index in [0.29, 0.717) is 41.5 Å². The number of carbonyl (C=O) groups is 3. The van der Waals surface area contributed by atoms with Crippen LogP contribution in [-0.4, -0.2) is 76.9 Å². The molecule has 2 N–H and O–H groups in total. The van der Waals surface area contributed by atoms with Gasteiger partial charge in [-0.25, -0.2) is 14.4 Å². The SMILES string of the molecule is COc1cc2c(N[C@H](C)c3cccc(Br)c3)nc(C)nc2cc1OCCCCCCCN1CCC(c2cc3c(cc2F)C(=O)N(C2CCC(=O)NC2=O)C3)CC1. The first-order valence-electron chi connectivity index (χ1n) is 19.8. The second-order valence-corrected chi connectivity index (χ2v) is 16.1. The molecular formula is C43H50BrFN6O5. The molecule has 4 aromatic rings. The number of likely N-dealkylation sites (tertiary alicyclic amines) is 1. The lowest BCUT2D eigenvalue weighted by Gasteiger charge is -2.32. The minimum Gasteiger partial charge on any atom is -0.493 e. The number of nitrogens with one attached hydrogen (secondary N) is 2. The Kier molecular flexibility index (Phi) is 12.5. The molecule has 3 aliphatic rings. The van der Waals surface area contributed by atoms with Gasteiger partial charge in [-0.2, -0.15) is 0 Å². The van der Waals surface area contributed by atoms with Crippen molar-refractivity contribution in [2.45, 2.75) is 96.2 Å². The summed E-state index contributed by atoms with van der Waals surface area (Å²) in [6.45, 7) is 7.71. The Morgan fingerprint density at radius 2 is 1.77 bits per heavy atom. The summed E-state index contributed by atoms with van der Waals surface area (Å²) in [5, 5.41) is 6.75. The van der Waals surface area contributed by atoms with Crippen molar-refractivity contribution < 1.29 is 28.2 Å². The van der Waals surface area contributed by atoms with Gasteiger partial charge in [0.25, 0.3) is 5.91 Å². The van der Waals surface area contributed by atoms with E-state index in [0.717, 1.165) is 96.9 Å². The Morgan fingerprint density at radius 3 is 2.54 bits per heavy atom. The molecule has 296 valence electrons. The van der Waals surface area contributed by atoms with Gasteiger partial charge in [-0.3, -0.25) is 19.7 Å². The number of piperidine rings is 2. The van der Waals surface area contributed by atoms with Crippen molar-refractivity contribution in [3.63, 3.8) is 0 Å². The number of hydrogen-bond acceptors (Lipinski definition) is 9. The Labute approximate surface area is 335 Å². The van der Waals surface area contributed by atoms with E-state index in [9.17, 15) is 14.4 Å². The number of benzene rings is 3. The number of fused-ring (bicyclic) bond motifs is 2. The van der Waals surface area contributed by atoms with Crippen molar-refractivity contribution in [2.75, 3.05) is 38.7 Å². The average molecular weight is 830 g/mol. The van der Waals surface area contributed by atoms with Crippen molar-refractivity contribution >= 4 is 50.4 Å². The minimum absolute atomic E-state index is 0.0326. The van der Waals surface area contributed by atoms with E-state index in [4.69, 9.17) is 19.4 Å². The molecule has 3 amide bonds. The van der Waals surface area contributed by atoms with Crippen LogP contribution in [0.3, 0.4) is 0 Å². The lowest BCUT2D eigenvalue weighted by Crippen LogP contribution is -2.52. The molecule has 1 aromatic heterocycles. The van der Waals surface area contributed by atoms with Crippen LogP contribution in [0.5, 0.6) is 11.5 Å². The zero-order valence-electron chi connectivity index (χ0n) is 32.3. The van der Waals surface area contributed by atoms with Gasteiger partial charge in [0.15, 0.2) is 11.5 Å². The number of aryl methyl sites for hydroxylation is 1. The maximum atomic E-state index is 15.4. The number of amides is 3. The van der Waals surface area contributed by atoms with E-state index in [1.807, 2.05) is 37.3 Å². The summed E-state index contributed by atoms with van der Waals surface area (Å²) in [4.78, 5) is 50.4. The molecule has 56 heavy (non-hydrogen) atoms. The fraction of sp³-hybridized carbons (Fsp3) is 0.465. The quantitative estimate of drug-likeness (QED) is 0.0906. The third-order valence-corrected chi connectivity index (χ3v) is 11.8. The first-order chi connectivity index (χ1) is 27.1.